The summed E-state index contributed by atoms with van der Waals surface area (Å²) >= 11 is 0. The van der Waals surface area contributed by atoms with Gasteiger partial charge in [0.05, 0.1) is 0 Å². The largest absolute Gasteiger partial charge is 0.385 e. The molecule has 0 radical (unpaired) electrons. The summed E-state index contributed by atoms with van der Waals surface area (Å²) in [5.41, 5.74) is 0. The van der Waals surface area contributed by atoms with Gasteiger partial charge in [0, 0.05) is 41.0 Å². The Balaban J connectivity index is 0. The first-order valence-electron chi connectivity index (χ1n) is 9.83. The predicted molar refractivity (Wildman–Crippen MR) is 107 cm³/mol. The van der Waals surface area contributed by atoms with Crippen molar-refractivity contribution in [1.82, 2.24) is 0 Å². The van der Waals surface area contributed by atoms with Gasteiger partial charge in [0.25, 0.3) is 5.97 Å². The summed E-state index contributed by atoms with van der Waals surface area (Å²) in [5, 5.41) is 0. The van der Waals surface area contributed by atoms with E-state index in [4.69, 9.17) is 18.9 Å². The molecule has 1 unspecified atom stereocenters. The number of ether oxygens (including phenoxy) is 4. The molecule has 152 valence electrons. The highest BCUT2D eigenvalue weighted by atomic mass is 16.9. The molecule has 0 aromatic heterocycles. The summed E-state index contributed by atoms with van der Waals surface area (Å²) in [4.78, 5) is 0. The molecule has 0 spiro atoms. The fraction of sp³-hybridized carbons (Fsp3) is 0.905. The van der Waals surface area contributed by atoms with E-state index in [0.717, 1.165) is 25.9 Å². The number of hydrogen-bond acceptors (Lipinski definition) is 4. The topological polar surface area (TPSA) is 36.9 Å². The lowest BCUT2D eigenvalue weighted by atomic mass is 9.93. The molecule has 0 aliphatic carbocycles. The van der Waals surface area contributed by atoms with E-state index < -0.39 is 5.97 Å². The second-order valence-electron chi connectivity index (χ2n) is 6.27. The summed E-state index contributed by atoms with van der Waals surface area (Å²) in [6.07, 6.45) is 14.8. The molecule has 0 amide bonds. The van der Waals surface area contributed by atoms with Crippen molar-refractivity contribution in [2.45, 2.75) is 84.5 Å². The van der Waals surface area contributed by atoms with Crippen LogP contribution in [-0.2, 0) is 18.9 Å². The van der Waals surface area contributed by atoms with E-state index in [0.29, 0.717) is 0 Å². The third-order valence-electron chi connectivity index (χ3n) is 4.49. The lowest BCUT2D eigenvalue weighted by molar-refractivity contribution is -0.380. The first kappa shape index (κ1) is 26.8. The maximum absolute atomic E-state index is 5.54. The lowest BCUT2D eigenvalue weighted by Gasteiger charge is -2.36. The highest BCUT2D eigenvalue weighted by Crippen LogP contribution is 2.32. The molecule has 0 saturated carbocycles. The SMILES string of the molecule is CC=CC.CCCCCCCCC(CCCOC)C(OC)(OC)OC. The molecule has 0 saturated heterocycles. The summed E-state index contributed by atoms with van der Waals surface area (Å²) < 4.78 is 21.8. The third-order valence-corrected chi connectivity index (χ3v) is 4.49. The molecule has 0 aromatic carbocycles. The molecular weight excluding hydrogens is 316 g/mol. The first-order valence-corrected chi connectivity index (χ1v) is 9.83. The van der Waals surface area contributed by atoms with Crippen molar-refractivity contribution in [3.05, 3.63) is 12.2 Å². The quantitative estimate of drug-likeness (QED) is 0.205. The molecule has 0 bridgehead atoms. The molecule has 0 N–H and O–H groups in total. The van der Waals surface area contributed by atoms with Crippen molar-refractivity contribution in [1.29, 1.82) is 0 Å². The molecular formula is C21H44O4. The Morgan fingerprint density at radius 1 is 0.720 bits per heavy atom. The van der Waals surface area contributed by atoms with Crippen LogP contribution in [0.4, 0.5) is 0 Å². The van der Waals surface area contributed by atoms with Crippen LogP contribution in [0.3, 0.4) is 0 Å². The Hall–Kier alpha value is -0.420. The Labute approximate surface area is 157 Å². The van der Waals surface area contributed by atoms with E-state index in [1.165, 1.54) is 38.5 Å². The van der Waals surface area contributed by atoms with Gasteiger partial charge in [-0.3, -0.25) is 0 Å². The van der Waals surface area contributed by atoms with Crippen LogP contribution in [0.15, 0.2) is 12.2 Å². The zero-order valence-corrected chi connectivity index (χ0v) is 17.9. The van der Waals surface area contributed by atoms with Crippen molar-refractivity contribution in [2.75, 3.05) is 35.0 Å². The van der Waals surface area contributed by atoms with Gasteiger partial charge in [-0.2, -0.15) is 0 Å². The fourth-order valence-electron chi connectivity index (χ4n) is 2.89. The zero-order valence-electron chi connectivity index (χ0n) is 17.9. The molecule has 0 heterocycles. The van der Waals surface area contributed by atoms with Crippen LogP contribution in [0.25, 0.3) is 0 Å². The predicted octanol–water partition coefficient (Wildman–Crippen LogP) is 5.96. The minimum atomic E-state index is -0.919. The van der Waals surface area contributed by atoms with Crippen LogP contribution in [-0.4, -0.2) is 41.0 Å². The average molecular weight is 361 g/mol. The molecule has 0 aromatic rings. The Morgan fingerprint density at radius 3 is 1.64 bits per heavy atom. The van der Waals surface area contributed by atoms with Crippen molar-refractivity contribution >= 4 is 0 Å². The summed E-state index contributed by atoms with van der Waals surface area (Å²) in [6, 6.07) is 0. The van der Waals surface area contributed by atoms with Crippen molar-refractivity contribution < 1.29 is 18.9 Å². The number of allylic oxidation sites excluding steroid dienone is 2. The standard InChI is InChI=1S/C17H36O4.C4H8/c1-6-7-8-9-10-11-13-16(14-12-15-18-2)17(19-3,20-4)21-5;1-3-4-2/h16H,6-15H2,1-5H3;3-4H,1-2H3. The van der Waals surface area contributed by atoms with Gasteiger partial charge in [-0.15, -0.1) is 0 Å². The Bertz CT molecular complexity index is 263. The maximum Gasteiger partial charge on any atom is 0.285 e. The Kier molecular flexibility index (Phi) is 21.3. The van der Waals surface area contributed by atoms with Crippen LogP contribution in [0.1, 0.15) is 78.6 Å². The van der Waals surface area contributed by atoms with Crippen molar-refractivity contribution in [3.8, 4) is 0 Å². The maximum atomic E-state index is 5.54. The van der Waals surface area contributed by atoms with E-state index in [9.17, 15) is 0 Å². The number of hydrogen-bond donors (Lipinski definition) is 0. The molecule has 1 atom stereocenters. The number of methoxy groups -OCH3 is 4. The van der Waals surface area contributed by atoms with E-state index in [-0.39, 0.29) is 5.92 Å². The van der Waals surface area contributed by atoms with Crippen LogP contribution in [0, 0.1) is 5.92 Å². The van der Waals surface area contributed by atoms with Gasteiger partial charge < -0.3 is 18.9 Å². The third kappa shape index (κ3) is 13.4. The Morgan fingerprint density at radius 2 is 1.20 bits per heavy atom. The molecule has 4 nitrogen and oxygen atoms in total. The molecule has 25 heavy (non-hydrogen) atoms. The molecule has 0 rings (SSSR count). The highest BCUT2D eigenvalue weighted by molar-refractivity contribution is 4.71. The summed E-state index contributed by atoms with van der Waals surface area (Å²) in [6.45, 7) is 7.01. The highest BCUT2D eigenvalue weighted by Gasteiger charge is 2.39. The lowest BCUT2D eigenvalue weighted by Crippen LogP contribution is -2.44. The van der Waals surface area contributed by atoms with Gasteiger partial charge in [0.2, 0.25) is 0 Å². The average Bonchev–Trinajstić information content (AvgIpc) is 2.66. The van der Waals surface area contributed by atoms with Gasteiger partial charge in [0.1, 0.15) is 0 Å². The van der Waals surface area contributed by atoms with Crippen LogP contribution in [0.5, 0.6) is 0 Å². The van der Waals surface area contributed by atoms with Crippen molar-refractivity contribution in [2.24, 2.45) is 5.92 Å². The van der Waals surface area contributed by atoms with Crippen LogP contribution < -0.4 is 0 Å². The number of unbranched alkanes of at least 4 members (excludes halogenated alkanes) is 5. The van der Waals surface area contributed by atoms with E-state index in [1.54, 1.807) is 28.4 Å². The van der Waals surface area contributed by atoms with Crippen LogP contribution in [0.2, 0.25) is 0 Å². The minimum Gasteiger partial charge on any atom is -0.385 e. The first-order chi connectivity index (χ1) is 12.1. The number of rotatable bonds is 15. The normalized spacial score (nSPS) is 12.9. The van der Waals surface area contributed by atoms with E-state index >= 15 is 0 Å². The molecule has 4 heteroatoms. The zero-order chi connectivity index (χ0) is 19.4. The monoisotopic (exact) mass is 360 g/mol. The van der Waals surface area contributed by atoms with Gasteiger partial charge in [-0.1, -0.05) is 57.6 Å². The minimum absolute atomic E-state index is 0.235. The van der Waals surface area contributed by atoms with E-state index in [2.05, 4.69) is 6.92 Å². The smallest absolute Gasteiger partial charge is 0.285 e. The summed E-state index contributed by atoms with van der Waals surface area (Å²) in [5.74, 6) is -0.684. The molecule has 0 aliphatic heterocycles. The van der Waals surface area contributed by atoms with Crippen LogP contribution >= 0.6 is 0 Å². The van der Waals surface area contributed by atoms with Gasteiger partial charge in [0.15, 0.2) is 0 Å². The summed E-state index contributed by atoms with van der Waals surface area (Å²) in [7, 11) is 6.69. The molecule has 0 fully saturated rings. The second kappa shape index (κ2) is 19.9. The fourth-order valence-corrected chi connectivity index (χ4v) is 2.89. The second-order valence-corrected chi connectivity index (χ2v) is 6.27. The van der Waals surface area contributed by atoms with Crippen molar-refractivity contribution in [3.63, 3.8) is 0 Å². The van der Waals surface area contributed by atoms with E-state index in [1.807, 2.05) is 26.0 Å². The van der Waals surface area contributed by atoms with Gasteiger partial charge >= 0.3 is 0 Å². The molecule has 0 aliphatic rings. The van der Waals surface area contributed by atoms with Gasteiger partial charge in [-0.25, -0.2) is 0 Å². The van der Waals surface area contributed by atoms with Gasteiger partial charge in [-0.05, 0) is 33.1 Å².